The number of carbonyl (C=O) groups excluding carboxylic acids is 1. The highest BCUT2D eigenvalue weighted by molar-refractivity contribution is 5.68. The third-order valence-electron chi connectivity index (χ3n) is 2.37. The molecule has 4 nitrogen and oxygen atoms in total. The summed E-state index contributed by atoms with van der Waals surface area (Å²) in [6.45, 7) is 7.04. The van der Waals surface area contributed by atoms with Crippen LogP contribution in [0, 0.1) is 0 Å². The van der Waals surface area contributed by atoms with E-state index in [1.165, 1.54) is 0 Å². The van der Waals surface area contributed by atoms with Crippen LogP contribution in [0.3, 0.4) is 0 Å². The molecule has 0 spiro atoms. The minimum Gasteiger partial charge on any atom is -0.444 e. The summed E-state index contributed by atoms with van der Waals surface area (Å²) in [6, 6.07) is 0.161. The Kier molecular flexibility index (Phi) is 3.97. The van der Waals surface area contributed by atoms with Crippen LogP contribution in [-0.4, -0.2) is 42.9 Å². The SMILES string of the molecule is CN(C(=O)OC(C)(C)C)C1CCCOC1. The van der Waals surface area contributed by atoms with Crippen molar-refractivity contribution in [1.82, 2.24) is 4.90 Å². The molecule has 0 aliphatic carbocycles. The van der Waals surface area contributed by atoms with E-state index in [-0.39, 0.29) is 12.1 Å². The van der Waals surface area contributed by atoms with Gasteiger partial charge in [0.2, 0.25) is 0 Å². The second kappa shape index (κ2) is 4.84. The highest BCUT2D eigenvalue weighted by atomic mass is 16.6. The fraction of sp³-hybridized carbons (Fsp3) is 0.909. The van der Waals surface area contributed by atoms with Crippen LogP contribution in [0.5, 0.6) is 0 Å². The van der Waals surface area contributed by atoms with Crippen LogP contribution in [0.4, 0.5) is 4.79 Å². The van der Waals surface area contributed by atoms with Crippen molar-refractivity contribution in [2.45, 2.75) is 45.3 Å². The lowest BCUT2D eigenvalue weighted by Gasteiger charge is -2.32. The first-order valence-electron chi connectivity index (χ1n) is 5.44. The van der Waals surface area contributed by atoms with E-state index in [2.05, 4.69) is 0 Å². The molecular formula is C11H21NO3. The van der Waals surface area contributed by atoms with Crippen LogP contribution in [0.15, 0.2) is 0 Å². The first kappa shape index (κ1) is 12.3. The van der Waals surface area contributed by atoms with Gasteiger partial charge >= 0.3 is 6.09 Å². The zero-order valence-electron chi connectivity index (χ0n) is 10.1. The van der Waals surface area contributed by atoms with E-state index in [0.29, 0.717) is 6.61 Å². The van der Waals surface area contributed by atoms with E-state index in [9.17, 15) is 4.79 Å². The van der Waals surface area contributed by atoms with Gasteiger partial charge in [-0.05, 0) is 33.6 Å². The van der Waals surface area contributed by atoms with Crippen LogP contribution >= 0.6 is 0 Å². The number of likely N-dealkylation sites (N-methyl/N-ethyl adjacent to an activating group) is 1. The number of carbonyl (C=O) groups is 1. The molecule has 1 rings (SSSR count). The van der Waals surface area contributed by atoms with Gasteiger partial charge in [-0.3, -0.25) is 0 Å². The molecule has 0 radical (unpaired) electrons. The number of rotatable bonds is 1. The van der Waals surface area contributed by atoms with Crippen LogP contribution < -0.4 is 0 Å². The first-order chi connectivity index (χ1) is 6.90. The predicted octanol–water partition coefficient (Wildman–Crippen LogP) is 2.03. The Hall–Kier alpha value is -0.770. The molecule has 1 aliphatic heterocycles. The zero-order chi connectivity index (χ0) is 11.5. The highest BCUT2D eigenvalue weighted by Crippen LogP contribution is 2.15. The van der Waals surface area contributed by atoms with Gasteiger partial charge in [-0.2, -0.15) is 0 Å². The summed E-state index contributed by atoms with van der Waals surface area (Å²) in [6.07, 6.45) is 1.74. The lowest BCUT2D eigenvalue weighted by molar-refractivity contribution is -0.00671. The number of nitrogens with zero attached hydrogens (tertiary/aromatic N) is 1. The molecule has 1 amide bonds. The number of ether oxygens (including phenoxy) is 2. The summed E-state index contributed by atoms with van der Waals surface area (Å²) >= 11 is 0. The van der Waals surface area contributed by atoms with Crippen molar-refractivity contribution in [1.29, 1.82) is 0 Å². The molecule has 1 heterocycles. The largest absolute Gasteiger partial charge is 0.444 e. The van der Waals surface area contributed by atoms with E-state index < -0.39 is 5.60 Å². The summed E-state index contributed by atoms with van der Waals surface area (Å²) in [5.41, 5.74) is -0.430. The van der Waals surface area contributed by atoms with Gasteiger partial charge in [-0.25, -0.2) is 4.79 Å². The monoisotopic (exact) mass is 215 g/mol. The Morgan fingerprint density at radius 3 is 2.60 bits per heavy atom. The lowest BCUT2D eigenvalue weighted by Crippen LogP contribution is -2.44. The standard InChI is InChI=1S/C11H21NO3/c1-11(2,3)15-10(13)12(4)9-6-5-7-14-8-9/h9H,5-8H2,1-4H3. The fourth-order valence-corrected chi connectivity index (χ4v) is 1.51. The summed E-state index contributed by atoms with van der Waals surface area (Å²) in [5.74, 6) is 0. The van der Waals surface area contributed by atoms with Gasteiger partial charge < -0.3 is 14.4 Å². The fourth-order valence-electron chi connectivity index (χ4n) is 1.51. The Labute approximate surface area is 91.5 Å². The van der Waals surface area contributed by atoms with Gasteiger partial charge in [0.05, 0.1) is 12.6 Å². The Morgan fingerprint density at radius 1 is 1.47 bits per heavy atom. The quantitative estimate of drug-likeness (QED) is 0.672. The van der Waals surface area contributed by atoms with Crippen molar-refractivity contribution >= 4 is 6.09 Å². The lowest BCUT2D eigenvalue weighted by atomic mass is 10.1. The van der Waals surface area contributed by atoms with Crippen molar-refractivity contribution in [3.05, 3.63) is 0 Å². The normalized spacial score (nSPS) is 22.3. The topological polar surface area (TPSA) is 38.8 Å². The van der Waals surface area contributed by atoms with Gasteiger partial charge in [0, 0.05) is 13.7 Å². The molecule has 0 N–H and O–H groups in total. The molecule has 1 atom stereocenters. The van der Waals surface area contributed by atoms with Crippen molar-refractivity contribution < 1.29 is 14.3 Å². The van der Waals surface area contributed by atoms with E-state index in [1.807, 2.05) is 20.8 Å². The van der Waals surface area contributed by atoms with Gasteiger partial charge in [-0.1, -0.05) is 0 Å². The maximum Gasteiger partial charge on any atom is 0.410 e. The second-order valence-electron chi connectivity index (χ2n) is 4.96. The second-order valence-corrected chi connectivity index (χ2v) is 4.96. The van der Waals surface area contributed by atoms with Crippen LogP contribution in [0.25, 0.3) is 0 Å². The van der Waals surface area contributed by atoms with Crippen molar-refractivity contribution in [3.8, 4) is 0 Å². The molecule has 0 aromatic carbocycles. The third-order valence-corrected chi connectivity index (χ3v) is 2.37. The van der Waals surface area contributed by atoms with E-state index >= 15 is 0 Å². The molecule has 4 heteroatoms. The summed E-state index contributed by atoms with van der Waals surface area (Å²) in [4.78, 5) is 13.3. The number of hydrogen-bond acceptors (Lipinski definition) is 3. The molecular weight excluding hydrogens is 194 g/mol. The Morgan fingerprint density at radius 2 is 2.13 bits per heavy atom. The number of hydrogen-bond donors (Lipinski definition) is 0. The maximum atomic E-state index is 11.7. The summed E-state index contributed by atoms with van der Waals surface area (Å²) in [5, 5.41) is 0. The third kappa shape index (κ3) is 4.08. The molecule has 0 aromatic rings. The smallest absolute Gasteiger partial charge is 0.410 e. The van der Waals surface area contributed by atoms with Crippen molar-refractivity contribution in [3.63, 3.8) is 0 Å². The predicted molar refractivity (Wildman–Crippen MR) is 57.8 cm³/mol. The van der Waals surface area contributed by atoms with E-state index in [0.717, 1.165) is 19.4 Å². The van der Waals surface area contributed by atoms with Crippen molar-refractivity contribution in [2.24, 2.45) is 0 Å². The first-order valence-corrected chi connectivity index (χ1v) is 5.44. The zero-order valence-corrected chi connectivity index (χ0v) is 10.1. The molecule has 0 saturated carbocycles. The van der Waals surface area contributed by atoms with E-state index in [1.54, 1.807) is 11.9 Å². The average Bonchev–Trinajstić information content (AvgIpc) is 2.15. The maximum absolute atomic E-state index is 11.7. The summed E-state index contributed by atoms with van der Waals surface area (Å²) in [7, 11) is 1.77. The molecule has 1 saturated heterocycles. The molecule has 15 heavy (non-hydrogen) atoms. The highest BCUT2D eigenvalue weighted by Gasteiger charge is 2.26. The molecule has 88 valence electrons. The van der Waals surface area contributed by atoms with E-state index in [4.69, 9.17) is 9.47 Å². The Bertz CT molecular complexity index is 216. The van der Waals surface area contributed by atoms with Gasteiger partial charge in [0.15, 0.2) is 0 Å². The van der Waals surface area contributed by atoms with Crippen LogP contribution in [-0.2, 0) is 9.47 Å². The molecule has 1 aliphatic rings. The van der Waals surface area contributed by atoms with Crippen molar-refractivity contribution in [2.75, 3.05) is 20.3 Å². The Balaban J connectivity index is 2.44. The van der Waals surface area contributed by atoms with Gasteiger partial charge in [0.25, 0.3) is 0 Å². The molecule has 0 bridgehead atoms. The number of amides is 1. The average molecular weight is 215 g/mol. The molecule has 1 fully saturated rings. The molecule has 0 aromatic heterocycles. The summed E-state index contributed by atoms with van der Waals surface area (Å²) < 4.78 is 10.6. The van der Waals surface area contributed by atoms with Crippen LogP contribution in [0.1, 0.15) is 33.6 Å². The van der Waals surface area contributed by atoms with Gasteiger partial charge in [0.1, 0.15) is 5.60 Å². The minimum absolute atomic E-state index is 0.161. The van der Waals surface area contributed by atoms with Crippen LogP contribution in [0.2, 0.25) is 0 Å². The minimum atomic E-state index is -0.430. The molecule has 1 unspecified atom stereocenters. The van der Waals surface area contributed by atoms with Gasteiger partial charge in [-0.15, -0.1) is 0 Å².